The number of nitrogens with one attached hydrogen (secondary N) is 2. The van der Waals surface area contributed by atoms with Gasteiger partial charge in [-0.05, 0) is 18.6 Å². The molecule has 2 rings (SSSR count). The minimum Gasteiger partial charge on any atom is -0.385 e. The lowest BCUT2D eigenvalue weighted by Gasteiger charge is -2.08. The standard InChI is InChI=1S/C15H16F2N4O2/c1-23-7-3-6-18-13-9-19-12(8-20-13)15(22)21-14-10(16)4-2-5-11(14)17/h2,4-5,8-9H,3,6-7H2,1H3,(H,18,20)(H,21,22). The van der Waals surface area contributed by atoms with Crippen LogP contribution in [0.1, 0.15) is 16.9 Å². The number of hydrogen-bond acceptors (Lipinski definition) is 5. The number of carbonyl (C=O) groups is 1. The molecule has 0 spiro atoms. The van der Waals surface area contributed by atoms with Gasteiger partial charge < -0.3 is 15.4 Å². The van der Waals surface area contributed by atoms with Gasteiger partial charge in [0.25, 0.3) is 5.91 Å². The second kappa shape index (κ2) is 8.14. The second-order valence-electron chi connectivity index (χ2n) is 4.61. The maximum Gasteiger partial charge on any atom is 0.276 e. The molecule has 0 aliphatic rings. The summed E-state index contributed by atoms with van der Waals surface area (Å²) in [5, 5.41) is 5.15. The van der Waals surface area contributed by atoms with Crippen molar-refractivity contribution in [2.24, 2.45) is 0 Å². The summed E-state index contributed by atoms with van der Waals surface area (Å²) in [4.78, 5) is 19.9. The Morgan fingerprint density at radius 3 is 2.57 bits per heavy atom. The Morgan fingerprint density at radius 2 is 1.96 bits per heavy atom. The van der Waals surface area contributed by atoms with Gasteiger partial charge in [-0.15, -0.1) is 0 Å². The number of benzene rings is 1. The molecule has 0 atom stereocenters. The predicted octanol–water partition coefficient (Wildman–Crippen LogP) is 2.46. The van der Waals surface area contributed by atoms with Crippen molar-refractivity contribution in [1.29, 1.82) is 0 Å². The first-order valence-corrected chi connectivity index (χ1v) is 6.92. The van der Waals surface area contributed by atoms with Crippen LogP contribution in [0.25, 0.3) is 0 Å². The second-order valence-corrected chi connectivity index (χ2v) is 4.61. The van der Waals surface area contributed by atoms with Crippen LogP contribution in [0, 0.1) is 11.6 Å². The largest absolute Gasteiger partial charge is 0.385 e. The monoisotopic (exact) mass is 322 g/mol. The lowest BCUT2D eigenvalue weighted by molar-refractivity contribution is 0.102. The van der Waals surface area contributed by atoms with E-state index in [1.807, 2.05) is 0 Å². The summed E-state index contributed by atoms with van der Waals surface area (Å²) in [7, 11) is 1.62. The summed E-state index contributed by atoms with van der Waals surface area (Å²) in [6.07, 6.45) is 3.40. The summed E-state index contributed by atoms with van der Waals surface area (Å²) in [5.74, 6) is -1.97. The molecule has 2 N–H and O–H groups in total. The molecule has 2 aromatic rings. The number of anilines is 2. The average molecular weight is 322 g/mol. The van der Waals surface area contributed by atoms with E-state index in [2.05, 4.69) is 20.6 Å². The zero-order chi connectivity index (χ0) is 16.7. The van der Waals surface area contributed by atoms with Gasteiger partial charge >= 0.3 is 0 Å². The van der Waals surface area contributed by atoms with Crippen molar-refractivity contribution in [2.45, 2.75) is 6.42 Å². The number of ether oxygens (including phenoxy) is 1. The Balaban J connectivity index is 1.97. The molecule has 0 saturated carbocycles. The van der Waals surface area contributed by atoms with E-state index in [9.17, 15) is 13.6 Å². The number of hydrogen-bond donors (Lipinski definition) is 2. The first-order chi connectivity index (χ1) is 11.1. The van der Waals surface area contributed by atoms with E-state index in [0.29, 0.717) is 19.0 Å². The molecule has 0 unspecified atom stereocenters. The average Bonchev–Trinajstić information content (AvgIpc) is 2.55. The minimum atomic E-state index is -0.859. The summed E-state index contributed by atoms with van der Waals surface area (Å²) in [6.45, 7) is 1.27. The fourth-order valence-electron chi connectivity index (χ4n) is 1.76. The van der Waals surface area contributed by atoms with Crippen molar-refractivity contribution in [1.82, 2.24) is 9.97 Å². The van der Waals surface area contributed by atoms with Crippen LogP contribution in [0.5, 0.6) is 0 Å². The molecule has 0 saturated heterocycles. The van der Waals surface area contributed by atoms with Crippen LogP contribution < -0.4 is 10.6 Å². The predicted molar refractivity (Wildman–Crippen MR) is 81.3 cm³/mol. The van der Waals surface area contributed by atoms with Crippen LogP contribution >= 0.6 is 0 Å². The summed E-state index contributed by atoms with van der Waals surface area (Å²) in [5.41, 5.74) is -0.559. The van der Waals surface area contributed by atoms with Crippen molar-refractivity contribution >= 4 is 17.4 Å². The molecule has 122 valence electrons. The number of nitrogens with zero attached hydrogens (tertiary/aromatic N) is 2. The Labute approximate surface area is 131 Å². The third kappa shape index (κ3) is 4.68. The maximum absolute atomic E-state index is 13.5. The van der Waals surface area contributed by atoms with Crippen LogP contribution in [-0.2, 0) is 4.74 Å². The van der Waals surface area contributed by atoms with Crippen LogP contribution in [0.15, 0.2) is 30.6 Å². The lowest BCUT2D eigenvalue weighted by Crippen LogP contribution is -2.16. The van der Waals surface area contributed by atoms with E-state index >= 15 is 0 Å². The number of amides is 1. The summed E-state index contributed by atoms with van der Waals surface area (Å²) < 4.78 is 31.9. The highest BCUT2D eigenvalue weighted by Crippen LogP contribution is 2.18. The van der Waals surface area contributed by atoms with Crippen LogP contribution in [0.2, 0.25) is 0 Å². The Hall–Kier alpha value is -2.61. The zero-order valence-electron chi connectivity index (χ0n) is 12.5. The van der Waals surface area contributed by atoms with Gasteiger partial charge in [-0.25, -0.2) is 18.7 Å². The first kappa shape index (κ1) is 16.8. The van der Waals surface area contributed by atoms with E-state index in [-0.39, 0.29) is 5.69 Å². The molecule has 1 amide bonds. The highest BCUT2D eigenvalue weighted by atomic mass is 19.1. The maximum atomic E-state index is 13.5. The van der Waals surface area contributed by atoms with Crippen molar-refractivity contribution in [3.63, 3.8) is 0 Å². The quantitative estimate of drug-likeness (QED) is 0.766. The SMILES string of the molecule is COCCCNc1cnc(C(=O)Nc2c(F)cccc2F)cn1. The van der Waals surface area contributed by atoms with Gasteiger partial charge in [0.1, 0.15) is 28.8 Å². The van der Waals surface area contributed by atoms with Crippen molar-refractivity contribution in [3.8, 4) is 0 Å². The zero-order valence-corrected chi connectivity index (χ0v) is 12.5. The van der Waals surface area contributed by atoms with Crippen LogP contribution in [0.3, 0.4) is 0 Å². The topological polar surface area (TPSA) is 76.1 Å². The normalized spacial score (nSPS) is 10.4. The Bertz CT molecular complexity index is 645. The van der Waals surface area contributed by atoms with Crippen molar-refractivity contribution in [2.75, 3.05) is 30.9 Å². The molecule has 23 heavy (non-hydrogen) atoms. The third-order valence-electron chi connectivity index (χ3n) is 2.92. The van der Waals surface area contributed by atoms with Crippen LogP contribution in [0.4, 0.5) is 20.3 Å². The molecule has 8 heteroatoms. The molecule has 0 aliphatic heterocycles. The number of para-hydroxylation sites is 1. The molecule has 6 nitrogen and oxygen atoms in total. The number of rotatable bonds is 7. The van der Waals surface area contributed by atoms with Gasteiger partial charge in [0.2, 0.25) is 0 Å². The highest BCUT2D eigenvalue weighted by molar-refractivity contribution is 6.02. The van der Waals surface area contributed by atoms with E-state index in [1.54, 1.807) is 7.11 Å². The molecule has 0 fully saturated rings. The molecule has 1 aromatic heterocycles. The number of aromatic nitrogens is 2. The molecular weight excluding hydrogens is 306 g/mol. The molecule has 0 aliphatic carbocycles. The first-order valence-electron chi connectivity index (χ1n) is 6.92. The van der Waals surface area contributed by atoms with E-state index in [0.717, 1.165) is 18.6 Å². The van der Waals surface area contributed by atoms with Gasteiger partial charge in [0.15, 0.2) is 0 Å². The number of carbonyl (C=O) groups excluding carboxylic acids is 1. The Kier molecular flexibility index (Phi) is 5.93. The molecule has 1 aromatic carbocycles. The van der Waals surface area contributed by atoms with Gasteiger partial charge in [-0.1, -0.05) is 6.07 Å². The number of halogens is 2. The molecular formula is C15H16F2N4O2. The van der Waals surface area contributed by atoms with Gasteiger partial charge in [0, 0.05) is 20.3 Å². The smallest absolute Gasteiger partial charge is 0.276 e. The molecule has 0 bridgehead atoms. The van der Waals surface area contributed by atoms with Crippen LogP contribution in [-0.4, -0.2) is 36.1 Å². The number of methoxy groups -OCH3 is 1. The summed E-state index contributed by atoms with van der Waals surface area (Å²) in [6, 6.07) is 3.32. The van der Waals surface area contributed by atoms with Gasteiger partial charge in [0.05, 0.1) is 12.4 Å². The molecule has 0 radical (unpaired) electrons. The van der Waals surface area contributed by atoms with Gasteiger partial charge in [-0.3, -0.25) is 4.79 Å². The Morgan fingerprint density at radius 1 is 1.22 bits per heavy atom. The minimum absolute atomic E-state index is 0.0462. The van der Waals surface area contributed by atoms with E-state index in [1.165, 1.54) is 18.5 Å². The third-order valence-corrected chi connectivity index (χ3v) is 2.92. The fourth-order valence-corrected chi connectivity index (χ4v) is 1.76. The molecule has 1 heterocycles. The van der Waals surface area contributed by atoms with Crippen molar-refractivity contribution < 1.29 is 18.3 Å². The van der Waals surface area contributed by atoms with Gasteiger partial charge in [-0.2, -0.15) is 0 Å². The van der Waals surface area contributed by atoms with E-state index in [4.69, 9.17) is 4.74 Å². The highest BCUT2D eigenvalue weighted by Gasteiger charge is 2.14. The van der Waals surface area contributed by atoms with E-state index < -0.39 is 23.2 Å². The summed E-state index contributed by atoms with van der Waals surface area (Å²) >= 11 is 0. The fraction of sp³-hybridized carbons (Fsp3) is 0.267. The lowest BCUT2D eigenvalue weighted by atomic mass is 10.3. The van der Waals surface area contributed by atoms with Crippen molar-refractivity contribution in [3.05, 3.63) is 47.9 Å².